The maximum Gasteiger partial charge on any atom is 0.276 e. The van der Waals surface area contributed by atoms with Gasteiger partial charge in [-0.05, 0) is 19.1 Å². The number of nitrogen functional groups attached to an aromatic ring is 1. The quantitative estimate of drug-likeness (QED) is 0.843. The Bertz CT molecular complexity index is 549. The van der Waals surface area contributed by atoms with Crippen molar-refractivity contribution >= 4 is 11.6 Å². The number of carbonyl (C=O) groups is 1. The zero-order chi connectivity index (χ0) is 13.1. The van der Waals surface area contributed by atoms with Gasteiger partial charge in [0.05, 0.1) is 23.6 Å². The first-order valence-corrected chi connectivity index (χ1v) is 5.55. The van der Waals surface area contributed by atoms with E-state index in [4.69, 9.17) is 5.73 Å². The normalized spacial score (nSPS) is 10.3. The Hall–Kier alpha value is -2.37. The van der Waals surface area contributed by atoms with Gasteiger partial charge in [0, 0.05) is 13.2 Å². The van der Waals surface area contributed by atoms with E-state index in [2.05, 4.69) is 15.2 Å². The number of rotatable bonds is 3. The van der Waals surface area contributed by atoms with Gasteiger partial charge >= 0.3 is 0 Å². The van der Waals surface area contributed by atoms with Crippen molar-refractivity contribution in [1.82, 2.24) is 20.1 Å². The number of aromatic nitrogens is 3. The number of aromatic amines is 1. The van der Waals surface area contributed by atoms with E-state index in [0.29, 0.717) is 17.9 Å². The van der Waals surface area contributed by atoms with Gasteiger partial charge in [-0.25, -0.2) is 0 Å². The molecule has 0 unspecified atom stereocenters. The van der Waals surface area contributed by atoms with Crippen molar-refractivity contribution in [1.29, 1.82) is 0 Å². The molecule has 0 saturated carbocycles. The summed E-state index contributed by atoms with van der Waals surface area (Å²) in [4.78, 5) is 17.8. The van der Waals surface area contributed by atoms with E-state index in [0.717, 1.165) is 5.69 Å². The molecular formula is C12H15N5O. The fourth-order valence-electron chi connectivity index (χ4n) is 1.59. The van der Waals surface area contributed by atoms with Crippen molar-refractivity contribution in [3.8, 4) is 0 Å². The number of hydrogen-bond donors (Lipinski definition) is 2. The van der Waals surface area contributed by atoms with E-state index in [9.17, 15) is 4.79 Å². The molecule has 0 aliphatic heterocycles. The number of H-pyrrole nitrogens is 1. The van der Waals surface area contributed by atoms with Crippen LogP contribution < -0.4 is 5.73 Å². The van der Waals surface area contributed by atoms with Crippen LogP contribution in [-0.2, 0) is 6.54 Å². The maximum absolute atomic E-state index is 12.1. The van der Waals surface area contributed by atoms with Crippen molar-refractivity contribution in [2.24, 2.45) is 0 Å². The standard InChI is InChI=1S/C12H15N5O/c1-8-10(13)11(16-15-8)12(18)17(2)7-9-5-3-4-6-14-9/h3-6H,7,13H2,1-2H3,(H,15,16). The first kappa shape index (κ1) is 12.1. The lowest BCUT2D eigenvalue weighted by Gasteiger charge is -2.15. The van der Waals surface area contributed by atoms with Crippen LogP contribution in [0.4, 0.5) is 5.69 Å². The molecule has 94 valence electrons. The summed E-state index contributed by atoms with van der Waals surface area (Å²) in [5.74, 6) is -0.220. The van der Waals surface area contributed by atoms with Gasteiger partial charge in [0.2, 0.25) is 0 Å². The van der Waals surface area contributed by atoms with Crippen molar-refractivity contribution in [3.63, 3.8) is 0 Å². The van der Waals surface area contributed by atoms with Crippen molar-refractivity contribution in [2.45, 2.75) is 13.5 Å². The summed E-state index contributed by atoms with van der Waals surface area (Å²) in [6.45, 7) is 2.20. The largest absolute Gasteiger partial charge is 0.395 e. The monoisotopic (exact) mass is 245 g/mol. The second-order valence-electron chi connectivity index (χ2n) is 4.09. The van der Waals surface area contributed by atoms with Crippen LogP contribution >= 0.6 is 0 Å². The summed E-state index contributed by atoms with van der Waals surface area (Å²) < 4.78 is 0. The minimum absolute atomic E-state index is 0.220. The number of hydrogen-bond acceptors (Lipinski definition) is 4. The van der Waals surface area contributed by atoms with Crippen LogP contribution in [0.5, 0.6) is 0 Å². The van der Waals surface area contributed by atoms with E-state index < -0.39 is 0 Å². The predicted octanol–water partition coefficient (Wildman–Crippen LogP) is 0.968. The molecule has 2 aromatic heterocycles. The molecule has 2 heterocycles. The minimum atomic E-state index is -0.220. The highest BCUT2D eigenvalue weighted by Gasteiger charge is 2.19. The van der Waals surface area contributed by atoms with Gasteiger partial charge in [-0.1, -0.05) is 6.07 Å². The molecule has 0 fully saturated rings. The molecule has 0 aromatic carbocycles. The first-order valence-electron chi connectivity index (χ1n) is 5.55. The molecular weight excluding hydrogens is 230 g/mol. The van der Waals surface area contributed by atoms with E-state index >= 15 is 0 Å². The van der Waals surface area contributed by atoms with Crippen LogP contribution in [0.2, 0.25) is 0 Å². The number of nitrogens with zero attached hydrogens (tertiary/aromatic N) is 3. The molecule has 6 heteroatoms. The molecule has 2 rings (SSSR count). The van der Waals surface area contributed by atoms with Crippen LogP contribution in [0.1, 0.15) is 21.9 Å². The molecule has 0 bridgehead atoms. The molecule has 0 radical (unpaired) electrons. The van der Waals surface area contributed by atoms with Gasteiger partial charge in [-0.3, -0.25) is 14.9 Å². The molecule has 0 aliphatic carbocycles. The van der Waals surface area contributed by atoms with Gasteiger partial charge in [-0.2, -0.15) is 5.10 Å². The Balaban J connectivity index is 2.12. The lowest BCUT2D eigenvalue weighted by Crippen LogP contribution is -2.27. The Morgan fingerprint density at radius 3 is 2.83 bits per heavy atom. The average Bonchev–Trinajstić information content (AvgIpc) is 2.70. The number of pyridine rings is 1. The maximum atomic E-state index is 12.1. The lowest BCUT2D eigenvalue weighted by atomic mass is 10.2. The second kappa shape index (κ2) is 4.87. The van der Waals surface area contributed by atoms with Crippen molar-refractivity contribution < 1.29 is 4.79 Å². The minimum Gasteiger partial charge on any atom is -0.395 e. The third-order valence-corrected chi connectivity index (χ3v) is 2.67. The third kappa shape index (κ3) is 2.32. The highest BCUT2D eigenvalue weighted by molar-refractivity contribution is 5.97. The smallest absolute Gasteiger partial charge is 0.276 e. The molecule has 6 nitrogen and oxygen atoms in total. The van der Waals surface area contributed by atoms with Gasteiger partial charge in [0.25, 0.3) is 5.91 Å². The van der Waals surface area contributed by atoms with Crippen LogP contribution in [0, 0.1) is 6.92 Å². The SMILES string of the molecule is Cc1[nH]nc(C(=O)N(C)Cc2ccccn2)c1N. The number of anilines is 1. The fraction of sp³-hybridized carbons (Fsp3) is 0.250. The number of nitrogens with two attached hydrogens (primary N) is 1. The fourth-order valence-corrected chi connectivity index (χ4v) is 1.59. The molecule has 3 N–H and O–H groups in total. The van der Waals surface area contributed by atoms with Gasteiger partial charge in [-0.15, -0.1) is 0 Å². The average molecular weight is 245 g/mol. The van der Waals surface area contributed by atoms with Crippen LogP contribution in [-0.4, -0.2) is 33.0 Å². The number of amides is 1. The van der Waals surface area contributed by atoms with Crippen molar-refractivity contribution in [3.05, 3.63) is 41.5 Å². The zero-order valence-corrected chi connectivity index (χ0v) is 10.3. The number of aryl methyl sites for hydroxylation is 1. The third-order valence-electron chi connectivity index (χ3n) is 2.67. The summed E-state index contributed by atoms with van der Waals surface area (Å²) in [5, 5.41) is 6.61. The highest BCUT2D eigenvalue weighted by atomic mass is 16.2. The van der Waals surface area contributed by atoms with E-state index in [-0.39, 0.29) is 11.6 Å². The van der Waals surface area contributed by atoms with Crippen molar-refractivity contribution in [2.75, 3.05) is 12.8 Å². The Kier molecular flexibility index (Phi) is 3.27. The lowest BCUT2D eigenvalue weighted by molar-refractivity contribution is 0.0778. The van der Waals surface area contributed by atoms with Gasteiger partial charge in [0.1, 0.15) is 0 Å². The van der Waals surface area contributed by atoms with E-state index in [1.165, 1.54) is 4.90 Å². The second-order valence-corrected chi connectivity index (χ2v) is 4.09. The summed E-state index contributed by atoms with van der Waals surface area (Å²) >= 11 is 0. The summed E-state index contributed by atoms with van der Waals surface area (Å²) in [7, 11) is 1.69. The Morgan fingerprint density at radius 2 is 2.28 bits per heavy atom. The molecule has 0 spiro atoms. The van der Waals surface area contributed by atoms with Gasteiger partial charge < -0.3 is 10.6 Å². The predicted molar refractivity (Wildman–Crippen MR) is 67.8 cm³/mol. The Labute approximate surface area is 105 Å². The summed E-state index contributed by atoms with van der Waals surface area (Å²) in [6, 6.07) is 5.58. The number of carbonyl (C=O) groups excluding carboxylic acids is 1. The Morgan fingerprint density at radius 1 is 1.50 bits per heavy atom. The van der Waals surface area contributed by atoms with Crippen LogP contribution in [0.25, 0.3) is 0 Å². The highest BCUT2D eigenvalue weighted by Crippen LogP contribution is 2.15. The molecule has 0 saturated heterocycles. The number of nitrogens with one attached hydrogen (secondary N) is 1. The zero-order valence-electron chi connectivity index (χ0n) is 10.3. The van der Waals surface area contributed by atoms with E-state index in [1.807, 2.05) is 18.2 Å². The van der Waals surface area contributed by atoms with E-state index in [1.54, 1.807) is 20.2 Å². The molecule has 18 heavy (non-hydrogen) atoms. The molecule has 1 amide bonds. The van der Waals surface area contributed by atoms with Crippen LogP contribution in [0.15, 0.2) is 24.4 Å². The van der Waals surface area contributed by atoms with Crippen LogP contribution in [0.3, 0.4) is 0 Å². The summed E-state index contributed by atoms with van der Waals surface area (Å²) in [5.41, 5.74) is 7.95. The summed E-state index contributed by atoms with van der Waals surface area (Å²) in [6.07, 6.45) is 1.70. The molecule has 0 aliphatic rings. The van der Waals surface area contributed by atoms with Gasteiger partial charge in [0.15, 0.2) is 5.69 Å². The topological polar surface area (TPSA) is 87.9 Å². The first-order chi connectivity index (χ1) is 8.59. The molecule has 0 atom stereocenters. The molecule has 2 aromatic rings.